The van der Waals surface area contributed by atoms with Crippen LogP contribution in [-0.4, -0.2) is 71.0 Å². The molecule has 0 aromatic heterocycles. The first-order chi connectivity index (χ1) is 0. The fourth-order valence-electron chi connectivity index (χ4n) is 0. The first-order valence-electron chi connectivity index (χ1n) is 0. The van der Waals surface area contributed by atoms with Crippen LogP contribution in [0.5, 0.6) is 0 Å². The SMILES string of the molecule is [Er].[Er].[Te].[Te].[Te]. The number of rotatable bonds is 0. The van der Waals surface area contributed by atoms with Gasteiger partial charge in [-0.05, 0) is 0 Å². The molecule has 0 bridgehead atoms. The van der Waals surface area contributed by atoms with Gasteiger partial charge in [0.1, 0.15) is 0 Å². The van der Waals surface area contributed by atoms with Crippen molar-refractivity contribution in [2.75, 3.05) is 0 Å². The number of hydrogen-bond acceptors (Lipinski definition) is 0. The molecule has 6 radical (unpaired) electrons. The summed E-state index contributed by atoms with van der Waals surface area (Å²) in [6.45, 7) is 0. The summed E-state index contributed by atoms with van der Waals surface area (Å²) in [7, 11) is 0. The molecule has 0 fully saturated rings. The predicted molar refractivity (Wildman–Crippen MR) is 17.3 cm³/mol. The number of hydrogen-bond donors (Lipinski definition) is 0. The van der Waals surface area contributed by atoms with Crippen molar-refractivity contribution in [2.45, 2.75) is 0 Å². The minimum atomic E-state index is 0. The summed E-state index contributed by atoms with van der Waals surface area (Å²) in [6.07, 6.45) is 0. The zero-order chi connectivity index (χ0) is 0. The quantitative estimate of drug-likeness (QED) is 0.279. The van der Waals surface area contributed by atoms with Gasteiger partial charge in [0.25, 0.3) is 0 Å². The van der Waals surface area contributed by atoms with E-state index in [1.807, 2.05) is 0 Å². The fraction of sp³-hybridized carbons (Fsp3) is 0. The van der Waals surface area contributed by atoms with E-state index in [9.17, 15) is 0 Å². The molecular formula is Er2Te3. The molecule has 5 heavy (non-hydrogen) atoms. The topological polar surface area (TPSA) is 0 Å². The fourth-order valence-corrected chi connectivity index (χ4v) is 0. The van der Waals surface area contributed by atoms with Gasteiger partial charge in [0.2, 0.25) is 0 Å². The maximum absolute atomic E-state index is 0. The molecule has 0 saturated carbocycles. The van der Waals surface area contributed by atoms with E-state index in [4.69, 9.17) is 0 Å². The average Bonchev–Trinajstić information content (AvgIpc) is 0. The molecule has 5 heteroatoms. The summed E-state index contributed by atoms with van der Waals surface area (Å²) in [5.41, 5.74) is 0. The van der Waals surface area contributed by atoms with Crippen LogP contribution in [0.4, 0.5) is 0 Å². The van der Waals surface area contributed by atoms with Crippen LogP contribution < -0.4 is 0 Å². The molecule has 0 atom stereocenters. The Morgan fingerprint density at radius 3 is 0.400 bits per heavy atom. The summed E-state index contributed by atoms with van der Waals surface area (Å²) < 4.78 is 0. The largest absolute Gasteiger partial charge is 0 e. The van der Waals surface area contributed by atoms with Crippen LogP contribution in [-0.2, 0) is 0 Å². The van der Waals surface area contributed by atoms with Gasteiger partial charge in [-0.25, -0.2) is 0 Å². The molecule has 0 amide bonds. The van der Waals surface area contributed by atoms with Gasteiger partial charge >= 0.3 is 0 Å². The molecule has 0 aromatic rings. The van der Waals surface area contributed by atoms with Crippen molar-refractivity contribution in [1.82, 2.24) is 0 Å². The van der Waals surface area contributed by atoms with Gasteiger partial charge < -0.3 is 0 Å². The maximum Gasteiger partial charge on any atom is 0 e. The third-order valence-corrected chi connectivity index (χ3v) is 0. The van der Waals surface area contributed by atoms with Crippen molar-refractivity contribution < 1.29 is 74.6 Å². The van der Waals surface area contributed by atoms with Crippen molar-refractivity contribution >= 4 is 71.0 Å². The van der Waals surface area contributed by atoms with Crippen LogP contribution in [0, 0.1) is 74.6 Å². The average molecular weight is 717 g/mol. The Kier molecular flexibility index (Phi) is 152. The monoisotopic (exact) mass is 722 g/mol. The standard InChI is InChI=1S/2Er.3Te. The third-order valence-electron chi connectivity index (χ3n) is 0. The molecule has 0 rings (SSSR count). The minimum Gasteiger partial charge on any atom is 0 e. The molecule has 0 N–H and O–H groups in total. The van der Waals surface area contributed by atoms with Gasteiger partial charge in [-0.2, -0.15) is 0 Å². The Morgan fingerprint density at radius 2 is 0.400 bits per heavy atom. The van der Waals surface area contributed by atoms with Crippen molar-refractivity contribution in [3.05, 3.63) is 0 Å². The molecule has 0 aromatic carbocycles. The summed E-state index contributed by atoms with van der Waals surface area (Å²) in [5, 5.41) is 0. The van der Waals surface area contributed by atoms with Crippen LogP contribution in [0.1, 0.15) is 0 Å². The summed E-state index contributed by atoms with van der Waals surface area (Å²) in [5.74, 6) is 0. The van der Waals surface area contributed by atoms with E-state index in [-0.39, 0.29) is 146 Å². The molecule has 0 spiro atoms. The van der Waals surface area contributed by atoms with Crippen molar-refractivity contribution in [3.63, 3.8) is 0 Å². The van der Waals surface area contributed by atoms with E-state index in [2.05, 4.69) is 0 Å². The molecular weight excluding hydrogens is 717 g/mol. The second-order valence-corrected chi connectivity index (χ2v) is 0. The third kappa shape index (κ3) is 17.7. The second-order valence-electron chi connectivity index (χ2n) is 0. The van der Waals surface area contributed by atoms with Crippen LogP contribution >= 0.6 is 0 Å². The zero-order valence-corrected chi connectivity index (χ0v) is 12.5. The van der Waals surface area contributed by atoms with Crippen LogP contribution in [0.2, 0.25) is 0 Å². The van der Waals surface area contributed by atoms with Gasteiger partial charge in [0.05, 0.1) is 0 Å². The molecule has 42 valence electrons. The van der Waals surface area contributed by atoms with Gasteiger partial charge in [-0.15, -0.1) is 0 Å². The molecule has 0 unspecified atom stereocenters. The summed E-state index contributed by atoms with van der Waals surface area (Å²) >= 11 is 0. The first kappa shape index (κ1) is 32.8. The van der Waals surface area contributed by atoms with Crippen molar-refractivity contribution in [1.29, 1.82) is 0 Å². The van der Waals surface area contributed by atoms with Crippen LogP contribution in [0.15, 0.2) is 0 Å². The summed E-state index contributed by atoms with van der Waals surface area (Å²) in [6, 6.07) is 0. The van der Waals surface area contributed by atoms with Gasteiger partial charge in [-0.3, -0.25) is 0 Å². The molecule has 0 aliphatic rings. The Balaban J connectivity index is 0. The van der Waals surface area contributed by atoms with E-state index in [1.54, 1.807) is 0 Å². The molecule has 0 aliphatic heterocycles. The second kappa shape index (κ2) is 23.2. The normalized spacial score (nSPS) is 0. The summed E-state index contributed by atoms with van der Waals surface area (Å²) in [4.78, 5) is 0. The Labute approximate surface area is 141 Å². The van der Waals surface area contributed by atoms with E-state index < -0.39 is 0 Å². The van der Waals surface area contributed by atoms with Crippen molar-refractivity contribution in [2.24, 2.45) is 0 Å². The Morgan fingerprint density at radius 1 is 0.400 bits per heavy atom. The molecule has 0 nitrogen and oxygen atoms in total. The van der Waals surface area contributed by atoms with E-state index in [0.717, 1.165) is 0 Å². The Bertz CT molecular complexity index is 4.85. The van der Waals surface area contributed by atoms with Crippen LogP contribution in [0.3, 0.4) is 0 Å². The Hall–Kier alpha value is 4.86. The van der Waals surface area contributed by atoms with E-state index >= 15 is 0 Å². The van der Waals surface area contributed by atoms with E-state index in [0.29, 0.717) is 0 Å². The van der Waals surface area contributed by atoms with Gasteiger partial charge in [0, 0.05) is 146 Å². The molecule has 0 aliphatic carbocycles. The van der Waals surface area contributed by atoms with Crippen LogP contribution in [0.25, 0.3) is 0 Å². The predicted octanol–water partition coefficient (Wildman–Crippen LogP) is -1.14. The molecule has 0 saturated heterocycles. The minimum absolute atomic E-state index is 0. The first-order valence-corrected chi connectivity index (χ1v) is 0. The smallest absolute Gasteiger partial charge is 0 e. The van der Waals surface area contributed by atoms with Gasteiger partial charge in [0.15, 0.2) is 0 Å². The van der Waals surface area contributed by atoms with Crippen molar-refractivity contribution in [3.8, 4) is 0 Å². The zero-order valence-electron chi connectivity index (χ0n) is 1.80. The maximum atomic E-state index is 0. The molecule has 0 heterocycles. The van der Waals surface area contributed by atoms with Gasteiger partial charge in [-0.1, -0.05) is 0 Å². The van der Waals surface area contributed by atoms with E-state index in [1.165, 1.54) is 0 Å².